The van der Waals surface area contributed by atoms with Crippen molar-refractivity contribution in [3.63, 3.8) is 0 Å². The van der Waals surface area contributed by atoms with E-state index in [1.165, 1.54) is 12.3 Å². The maximum Gasteiger partial charge on any atom is 0.254 e. The van der Waals surface area contributed by atoms with Crippen molar-refractivity contribution in [2.24, 2.45) is 0 Å². The van der Waals surface area contributed by atoms with E-state index in [1.54, 1.807) is 0 Å². The Bertz CT molecular complexity index is 485. The first-order valence-electron chi connectivity index (χ1n) is 4.37. The predicted octanol–water partition coefficient (Wildman–Crippen LogP) is -0.336. The van der Waals surface area contributed by atoms with E-state index in [0.717, 1.165) is 6.20 Å². The van der Waals surface area contributed by atoms with Crippen molar-refractivity contribution in [2.75, 3.05) is 0 Å². The first kappa shape index (κ1) is 10.1. The monoisotopic (exact) mass is 222 g/mol. The van der Waals surface area contributed by atoms with Crippen LogP contribution in [0.1, 0.15) is 16.2 Å². The van der Waals surface area contributed by atoms with Crippen LogP contribution in [0.4, 0.5) is 4.39 Å². The van der Waals surface area contributed by atoms with Gasteiger partial charge in [0, 0.05) is 6.20 Å². The molecule has 16 heavy (non-hydrogen) atoms. The molecule has 0 aliphatic carbocycles. The number of aromatic amines is 1. The van der Waals surface area contributed by atoms with Crippen LogP contribution in [0.25, 0.3) is 0 Å². The lowest BCUT2D eigenvalue weighted by atomic mass is 10.2. The van der Waals surface area contributed by atoms with Crippen LogP contribution in [-0.4, -0.2) is 31.5 Å². The third-order valence-corrected chi connectivity index (χ3v) is 1.81. The molecule has 0 bridgehead atoms. The van der Waals surface area contributed by atoms with Gasteiger partial charge in [0.2, 0.25) is 0 Å². The van der Waals surface area contributed by atoms with E-state index >= 15 is 0 Å². The second-order valence-corrected chi connectivity index (χ2v) is 2.87. The molecular weight excluding hydrogens is 215 g/mol. The van der Waals surface area contributed by atoms with Crippen LogP contribution in [0.15, 0.2) is 18.5 Å². The summed E-state index contributed by atoms with van der Waals surface area (Å²) in [7, 11) is 0. The van der Waals surface area contributed by atoms with Gasteiger partial charge in [-0.3, -0.25) is 9.78 Å². The molecule has 0 atom stereocenters. The van der Waals surface area contributed by atoms with Gasteiger partial charge in [0.15, 0.2) is 11.6 Å². The fourth-order valence-electron chi connectivity index (χ4n) is 1.07. The lowest BCUT2D eigenvalue weighted by molar-refractivity contribution is 0.0945. The second kappa shape index (κ2) is 4.43. The molecule has 0 unspecified atom stereocenters. The number of nitrogens with zero attached hydrogens (tertiary/aromatic N) is 4. The zero-order valence-electron chi connectivity index (χ0n) is 8.01. The van der Waals surface area contributed by atoms with Gasteiger partial charge in [-0.05, 0) is 6.07 Å². The molecule has 0 aromatic carbocycles. The van der Waals surface area contributed by atoms with Crippen molar-refractivity contribution in [1.29, 1.82) is 0 Å². The van der Waals surface area contributed by atoms with Gasteiger partial charge in [0.25, 0.3) is 5.91 Å². The Balaban J connectivity index is 2.01. The molecule has 82 valence electrons. The van der Waals surface area contributed by atoms with Gasteiger partial charge < -0.3 is 5.32 Å². The average molecular weight is 222 g/mol. The average Bonchev–Trinajstić information content (AvgIpc) is 2.79. The van der Waals surface area contributed by atoms with Crippen molar-refractivity contribution in [3.05, 3.63) is 35.7 Å². The fraction of sp³-hybridized carbons (Fsp3) is 0.125. The number of tetrazole rings is 1. The van der Waals surface area contributed by atoms with E-state index in [9.17, 15) is 9.18 Å². The Morgan fingerprint density at radius 2 is 2.44 bits per heavy atom. The summed E-state index contributed by atoms with van der Waals surface area (Å²) in [5.74, 6) is -0.902. The lowest BCUT2D eigenvalue weighted by Gasteiger charge is -2.02. The molecule has 0 aliphatic rings. The van der Waals surface area contributed by atoms with E-state index < -0.39 is 11.7 Å². The first-order valence-corrected chi connectivity index (χ1v) is 4.37. The number of amides is 1. The Morgan fingerprint density at radius 3 is 3.12 bits per heavy atom. The van der Waals surface area contributed by atoms with Crippen LogP contribution in [0.3, 0.4) is 0 Å². The third-order valence-electron chi connectivity index (χ3n) is 1.81. The van der Waals surface area contributed by atoms with E-state index in [-0.39, 0.29) is 12.1 Å². The number of halogens is 1. The fourth-order valence-corrected chi connectivity index (χ4v) is 1.07. The number of aromatic nitrogens is 5. The number of pyridine rings is 1. The molecule has 1 amide bonds. The molecule has 0 radical (unpaired) electrons. The minimum atomic E-state index is -0.673. The normalized spacial score (nSPS) is 10.1. The summed E-state index contributed by atoms with van der Waals surface area (Å²) < 4.78 is 13.1. The van der Waals surface area contributed by atoms with Crippen LogP contribution in [-0.2, 0) is 6.54 Å². The highest BCUT2D eigenvalue weighted by molar-refractivity contribution is 5.94. The van der Waals surface area contributed by atoms with Gasteiger partial charge in [-0.2, -0.15) is 5.21 Å². The zero-order chi connectivity index (χ0) is 11.4. The SMILES string of the molecule is O=C(NCc1nn[nH]n1)c1ccncc1F. The molecule has 2 aromatic rings. The van der Waals surface area contributed by atoms with Crippen LogP contribution in [0.2, 0.25) is 0 Å². The Hall–Kier alpha value is -2.38. The van der Waals surface area contributed by atoms with Gasteiger partial charge in [0.1, 0.15) is 0 Å². The quantitative estimate of drug-likeness (QED) is 0.740. The zero-order valence-corrected chi connectivity index (χ0v) is 8.01. The van der Waals surface area contributed by atoms with Crippen molar-refractivity contribution >= 4 is 5.91 Å². The molecule has 2 rings (SSSR count). The number of hydrogen-bond acceptors (Lipinski definition) is 5. The first-order chi connectivity index (χ1) is 7.77. The molecule has 0 saturated carbocycles. The number of rotatable bonds is 3. The van der Waals surface area contributed by atoms with Gasteiger partial charge in [-0.25, -0.2) is 4.39 Å². The van der Waals surface area contributed by atoms with Crippen molar-refractivity contribution < 1.29 is 9.18 Å². The Labute approximate surface area is 89.1 Å². The maximum atomic E-state index is 13.1. The molecule has 0 spiro atoms. The maximum absolute atomic E-state index is 13.1. The summed E-state index contributed by atoms with van der Waals surface area (Å²) in [6.45, 7) is 0.0805. The number of hydrogen-bond donors (Lipinski definition) is 2. The van der Waals surface area contributed by atoms with Crippen molar-refractivity contribution in [2.45, 2.75) is 6.54 Å². The van der Waals surface area contributed by atoms with Crippen molar-refractivity contribution in [3.8, 4) is 0 Å². The van der Waals surface area contributed by atoms with Crippen LogP contribution in [0, 0.1) is 5.82 Å². The van der Waals surface area contributed by atoms with E-state index in [0.29, 0.717) is 5.82 Å². The van der Waals surface area contributed by atoms with Crippen molar-refractivity contribution in [1.82, 2.24) is 30.9 Å². The molecule has 2 heterocycles. The predicted molar refractivity (Wildman–Crippen MR) is 49.5 cm³/mol. The third kappa shape index (κ3) is 2.16. The van der Waals surface area contributed by atoms with Gasteiger partial charge in [-0.1, -0.05) is 5.21 Å². The molecule has 0 aliphatic heterocycles. The smallest absolute Gasteiger partial charge is 0.254 e. The molecule has 2 aromatic heterocycles. The highest BCUT2D eigenvalue weighted by Crippen LogP contribution is 2.03. The minimum Gasteiger partial charge on any atom is -0.344 e. The summed E-state index contributed by atoms with van der Waals surface area (Å²) in [5.41, 5.74) is -0.0708. The standard InChI is InChI=1S/C8H7FN6O/c9-6-3-10-2-1-5(6)8(16)11-4-7-12-14-15-13-7/h1-3H,4H2,(H,11,16)(H,12,13,14,15). The van der Waals surface area contributed by atoms with E-state index in [2.05, 4.69) is 30.9 Å². The minimum absolute atomic E-state index is 0.0708. The molecule has 0 saturated heterocycles. The highest BCUT2D eigenvalue weighted by atomic mass is 19.1. The Kier molecular flexibility index (Phi) is 2.81. The summed E-state index contributed by atoms with van der Waals surface area (Å²) in [4.78, 5) is 15.0. The lowest BCUT2D eigenvalue weighted by Crippen LogP contribution is -2.24. The number of carbonyl (C=O) groups is 1. The van der Waals surface area contributed by atoms with Gasteiger partial charge in [0.05, 0.1) is 18.3 Å². The van der Waals surface area contributed by atoms with Gasteiger partial charge >= 0.3 is 0 Å². The topological polar surface area (TPSA) is 96.5 Å². The largest absolute Gasteiger partial charge is 0.344 e. The van der Waals surface area contributed by atoms with Crippen LogP contribution < -0.4 is 5.32 Å². The summed E-state index contributed by atoms with van der Waals surface area (Å²) >= 11 is 0. The number of nitrogens with one attached hydrogen (secondary N) is 2. The second-order valence-electron chi connectivity index (χ2n) is 2.87. The van der Waals surface area contributed by atoms with Gasteiger partial charge in [-0.15, -0.1) is 10.2 Å². The highest BCUT2D eigenvalue weighted by Gasteiger charge is 2.11. The molecule has 2 N–H and O–H groups in total. The van der Waals surface area contributed by atoms with Crippen LogP contribution in [0.5, 0.6) is 0 Å². The Morgan fingerprint density at radius 1 is 1.56 bits per heavy atom. The molecular formula is C8H7FN6O. The summed E-state index contributed by atoms with van der Waals surface area (Å²) in [5, 5.41) is 15.3. The van der Waals surface area contributed by atoms with E-state index in [1.807, 2.05) is 0 Å². The van der Waals surface area contributed by atoms with Crippen LogP contribution >= 0.6 is 0 Å². The number of carbonyl (C=O) groups excluding carboxylic acids is 1. The summed E-state index contributed by atoms with van der Waals surface area (Å²) in [6, 6.07) is 1.29. The molecule has 0 fully saturated rings. The summed E-state index contributed by atoms with van der Waals surface area (Å²) in [6.07, 6.45) is 2.32. The molecule has 7 nitrogen and oxygen atoms in total. The van der Waals surface area contributed by atoms with E-state index in [4.69, 9.17) is 0 Å². The number of H-pyrrole nitrogens is 1. The molecule has 8 heteroatoms.